The second kappa shape index (κ2) is 46.2. The molecule has 0 saturated heterocycles. The Kier molecular flexibility index (Phi) is 43.9. The van der Waals surface area contributed by atoms with Crippen LogP contribution in [-0.4, -0.2) is 0 Å². The quantitative estimate of drug-likeness (QED) is 0.0457. The molecule has 0 aliphatic carbocycles. The fourth-order valence-corrected chi connectivity index (χ4v) is 9.38. The maximum Gasteiger partial charge on any atom is 0.184 e. The Bertz CT molecular complexity index is 889. The Hall–Kier alpha value is -0.850. The number of nitrogens with zero attached hydrogens (tertiary/aromatic N) is 1. The predicted molar refractivity (Wildman–Crippen MR) is 259 cm³/mol. The van der Waals surface area contributed by atoms with Crippen molar-refractivity contribution in [3.8, 4) is 0 Å². The summed E-state index contributed by atoms with van der Waals surface area (Å²) in [7, 11) is 0. The van der Waals surface area contributed by atoms with Gasteiger partial charge in [-0.2, -0.15) is 0 Å². The number of aryl methyl sites for hydroxylation is 2. The second-order valence-corrected chi connectivity index (χ2v) is 19.0. The van der Waals surface area contributed by atoms with E-state index in [0.717, 1.165) is 0 Å². The molecule has 0 unspecified atom stereocenters. The molecular weight excluding hydrogens is 687 g/mol. The topological polar surface area (TPSA) is 3.88 Å². The highest BCUT2D eigenvalue weighted by Crippen LogP contribution is 2.19. The molecule has 1 aromatic rings. The summed E-state index contributed by atoms with van der Waals surface area (Å²) in [5.74, 6) is 0. The number of pyridine rings is 1. The first-order valence-corrected chi connectivity index (χ1v) is 27.3. The minimum atomic E-state index is 1.23. The van der Waals surface area contributed by atoms with Gasteiger partial charge in [0.05, 0.1) is 0 Å². The first-order valence-electron chi connectivity index (χ1n) is 27.3. The molecule has 1 heteroatoms. The van der Waals surface area contributed by atoms with Crippen molar-refractivity contribution in [1.29, 1.82) is 0 Å². The van der Waals surface area contributed by atoms with Crippen molar-refractivity contribution in [3.05, 3.63) is 29.6 Å². The molecule has 0 amide bonds. The third kappa shape index (κ3) is 37.9. The Morgan fingerprint density at radius 1 is 0.281 bits per heavy atom. The largest absolute Gasteiger partial charge is 0.202 e. The zero-order valence-corrected chi connectivity index (χ0v) is 40.1. The van der Waals surface area contributed by atoms with Crippen LogP contribution in [0.1, 0.15) is 321 Å². The van der Waals surface area contributed by atoms with Crippen molar-refractivity contribution in [3.63, 3.8) is 0 Å². The van der Waals surface area contributed by atoms with E-state index in [4.69, 9.17) is 0 Å². The van der Waals surface area contributed by atoms with Crippen LogP contribution in [0.4, 0.5) is 0 Å². The van der Waals surface area contributed by atoms with Crippen LogP contribution in [0.15, 0.2) is 18.3 Å². The summed E-state index contributed by atoms with van der Waals surface area (Å²) in [6.07, 6.45) is 70.2. The summed E-state index contributed by atoms with van der Waals surface area (Å²) < 4.78 is 2.70. The lowest BCUT2D eigenvalue weighted by Gasteiger charge is -2.11. The van der Waals surface area contributed by atoms with Crippen LogP contribution in [0.25, 0.3) is 0 Å². The van der Waals surface area contributed by atoms with E-state index in [9.17, 15) is 0 Å². The van der Waals surface area contributed by atoms with E-state index in [1.165, 1.54) is 308 Å². The van der Waals surface area contributed by atoms with Crippen molar-refractivity contribution in [2.75, 3.05) is 0 Å². The minimum absolute atomic E-state index is 1.23. The molecule has 1 aromatic heterocycles. The van der Waals surface area contributed by atoms with Gasteiger partial charge in [0.25, 0.3) is 0 Å². The Morgan fingerprint density at radius 3 is 0.825 bits per heavy atom. The standard InChI is InChI=1S/C56H108N/c1-4-7-10-13-16-19-22-25-27-29-31-34-37-40-43-46-50-55-51-49-54-57(53-48-45-42-39-36-33-24-21-18-15-12-9-6-3)56(55)52-47-44-41-38-35-32-30-28-26-23-20-17-14-11-8-5-2/h49,51,54H,4-48,50,52-53H2,1-3H3/q+1. The van der Waals surface area contributed by atoms with Gasteiger partial charge in [0, 0.05) is 24.5 Å². The number of unbranched alkanes of at least 4 members (excludes halogenated alkanes) is 42. The maximum atomic E-state index is 2.70. The summed E-state index contributed by atoms with van der Waals surface area (Å²) in [6, 6.07) is 4.87. The van der Waals surface area contributed by atoms with Crippen molar-refractivity contribution >= 4 is 0 Å². The molecule has 1 rings (SSSR count). The highest BCUT2D eigenvalue weighted by Gasteiger charge is 2.15. The highest BCUT2D eigenvalue weighted by atomic mass is 15.0. The molecule has 0 N–H and O–H groups in total. The second-order valence-electron chi connectivity index (χ2n) is 19.0. The average Bonchev–Trinajstić information content (AvgIpc) is 3.22. The molecule has 0 aliphatic rings. The lowest BCUT2D eigenvalue weighted by molar-refractivity contribution is -0.705. The van der Waals surface area contributed by atoms with Crippen molar-refractivity contribution in [2.24, 2.45) is 0 Å². The average molecular weight is 795 g/mol. The summed E-state index contributed by atoms with van der Waals surface area (Å²) in [4.78, 5) is 0. The van der Waals surface area contributed by atoms with E-state index in [2.05, 4.69) is 43.7 Å². The number of rotatable bonds is 48. The van der Waals surface area contributed by atoms with Gasteiger partial charge in [-0.05, 0) is 31.7 Å². The van der Waals surface area contributed by atoms with Gasteiger partial charge in [-0.1, -0.05) is 284 Å². The van der Waals surface area contributed by atoms with Gasteiger partial charge in [0.15, 0.2) is 11.9 Å². The first kappa shape index (κ1) is 54.2. The normalized spacial score (nSPS) is 11.6. The summed E-state index contributed by atoms with van der Waals surface area (Å²) >= 11 is 0. The van der Waals surface area contributed by atoms with E-state index in [1.807, 2.05) is 0 Å². The molecule has 1 heterocycles. The summed E-state index contributed by atoms with van der Waals surface area (Å²) in [5.41, 5.74) is 3.38. The van der Waals surface area contributed by atoms with Crippen LogP contribution < -0.4 is 4.57 Å². The molecule has 0 aromatic carbocycles. The molecule has 0 fully saturated rings. The fraction of sp³-hybridized carbons (Fsp3) is 0.911. The zero-order valence-electron chi connectivity index (χ0n) is 40.1. The van der Waals surface area contributed by atoms with Gasteiger partial charge in [0.2, 0.25) is 0 Å². The molecule has 0 radical (unpaired) electrons. The molecule has 0 saturated carbocycles. The fourth-order valence-electron chi connectivity index (χ4n) is 9.38. The van der Waals surface area contributed by atoms with Gasteiger partial charge in [-0.15, -0.1) is 0 Å². The lowest BCUT2D eigenvalue weighted by atomic mass is 9.99. The van der Waals surface area contributed by atoms with E-state index in [0.29, 0.717) is 0 Å². The zero-order chi connectivity index (χ0) is 40.8. The molecule has 336 valence electrons. The number of hydrogen-bond donors (Lipinski definition) is 0. The Labute approximate surface area is 361 Å². The first-order chi connectivity index (χ1) is 28.3. The molecule has 1 nitrogen and oxygen atoms in total. The van der Waals surface area contributed by atoms with Crippen LogP contribution in [0.3, 0.4) is 0 Å². The van der Waals surface area contributed by atoms with Gasteiger partial charge in [0.1, 0.15) is 6.54 Å². The van der Waals surface area contributed by atoms with Gasteiger partial charge in [-0.3, -0.25) is 0 Å². The molecular formula is C56H108N+. The number of hydrogen-bond acceptors (Lipinski definition) is 0. The van der Waals surface area contributed by atoms with E-state index < -0.39 is 0 Å². The summed E-state index contributed by atoms with van der Waals surface area (Å²) in [5, 5.41) is 0. The monoisotopic (exact) mass is 795 g/mol. The highest BCUT2D eigenvalue weighted by molar-refractivity contribution is 5.16. The molecule has 0 spiro atoms. The van der Waals surface area contributed by atoms with Crippen LogP contribution in [0.2, 0.25) is 0 Å². The summed E-state index contributed by atoms with van der Waals surface area (Å²) in [6.45, 7) is 8.19. The van der Waals surface area contributed by atoms with Crippen molar-refractivity contribution in [2.45, 2.75) is 329 Å². The van der Waals surface area contributed by atoms with Crippen LogP contribution >= 0.6 is 0 Å². The van der Waals surface area contributed by atoms with E-state index in [1.54, 1.807) is 11.3 Å². The third-order valence-corrected chi connectivity index (χ3v) is 13.4. The Balaban J connectivity index is 2.31. The van der Waals surface area contributed by atoms with Crippen LogP contribution in [0.5, 0.6) is 0 Å². The van der Waals surface area contributed by atoms with E-state index in [-0.39, 0.29) is 0 Å². The van der Waals surface area contributed by atoms with Gasteiger partial charge < -0.3 is 0 Å². The smallest absolute Gasteiger partial charge is 0.184 e. The lowest BCUT2D eigenvalue weighted by Crippen LogP contribution is -2.39. The molecule has 0 aliphatic heterocycles. The minimum Gasteiger partial charge on any atom is -0.202 e. The SMILES string of the molecule is CCCCCCCCCCCCCCCCCCc1ccc[n+](CCCCCCCCCCCCCCC)c1CCCCCCCCCCCCCCCCCC. The van der Waals surface area contributed by atoms with Crippen LogP contribution in [-0.2, 0) is 19.4 Å². The molecule has 0 bridgehead atoms. The predicted octanol–water partition coefficient (Wildman–Crippen LogP) is 19.7. The maximum absolute atomic E-state index is 2.70. The third-order valence-electron chi connectivity index (χ3n) is 13.4. The van der Waals surface area contributed by atoms with Crippen molar-refractivity contribution < 1.29 is 4.57 Å². The number of aromatic nitrogens is 1. The molecule has 57 heavy (non-hydrogen) atoms. The van der Waals surface area contributed by atoms with Gasteiger partial charge >= 0.3 is 0 Å². The Morgan fingerprint density at radius 2 is 0.526 bits per heavy atom. The molecule has 0 atom stereocenters. The van der Waals surface area contributed by atoms with Gasteiger partial charge in [-0.25, -0.2) is 4.57 Å². The van der Waals surface area contributed by atoms with E-state index >= 15 is 0 Å². The van der Waals surface area contributed by atoms with Crippen LogP contribution in [0, 0.1) is 0 Å². The van der Waals surface area contributed by atoms with Crippen molar-refractivity contribution in [1.82, 2.24) is 0 Å².